The van der Waals surface area contributed by atoms with Gasteiger partial charge in [-0.2, -0.15) is 5.10 Å². The van der Waals surface area contributed by atoms with Crippen molar-refractivity contribution in [3.8, 4) is 11.3 Å². The summed E-state index contributed by atoms with van der Waals surface area (Å²) >= 11 is 3.34. The van der Waals surface area contributed by atoms with Crippen molar-refractivity contribution in [3.05, 3.63) is 53.2 Å². The highest BCUT2D eigenvalue weighted by atomic mass is 79.9. The molecular formula is C16H15BrN4O4. The number of H-pyrrole nitrogens is 1. The summed E-state index contributed by atoms with van der Waals surface area (Å²) in [6, 6.07) is 8.20. The number of halogens is 1. The van der Waals surface area contributed by atoms with E-state index in [1.54, 1.807) is 0 Å². The van der Waals surface area contributed by atoms with Crippen LogP contribution in [0.4, 0.5) is 4.79 Å². The number of hydrogen-bond acceptors (Lipinski definition) is 5. The third-order valence-corrected chi connectivity index (χ3v) is 3.46. The van der Waals surface area contributed by atoms with E-state index in [9.17, 15) is 14.4 Å². The van der Waals surface area contributed by atoms with Gasteiger partial charge in [0.15, 0.2) is 6.61 Å². The average Bonchev–Trinajstić information content (AvgIpc) is 3.08. The second kappa shape index (κ2) is 8.78. The third-order valence-electron chi connectivity index (χ3n) is 2.93. The number of rotatable bonds is 6. The van der Waals surface area contributed by atoms with Gasteiger partial charge in [-0.05, 0) is 18.2 Å². The van der Waals surface area contributed by atoms with Crippen LogP contribution in [0, 0.1) is 0 Å². The first kappa shape index (κ1) is 18.4. The summed E-state index contributed by atoms with van der Waals surface area (Å²) in [5.41, 5.74) is 1.48. The van der Waals surface area contributed by atoms with Crippen LogP contribution in [0.1, 0.15) is 10.5 Å². The fourth-order valence-electron chi connectivity index (χ4n) is 1.78. The lowest BCUT2D eigenvalue weighted by molar-refractivity contribution is -0.123. The predicted octanol–water partition coefficient (Wildman–Crippen LogP) is 2.01. The molecule has 25 heavy (non-hydrogen) atoms. The Hall–Kier alpha value is -2.94. The number of hydrogen-bond donors (Lipinski definition) is 3. The number of amides is 3. The second-order valence-electron chi connectivity index (χ2n) is 4.80. The molecular weight excluding hydrogens is 392 g/mol. The zero-order valence-corrected chi connectivity index (χ0v) is 14.6. The van der Waals surface area contributed by atoms with E-state index in [1.807, 2.05) is 29.6 Å². The molecule has 2 rings (SSSR count). The highest BCUT2D eigenvalue weighted by Crippen LogP contribution is 2.20. The summed E-state index contributed by atoms with van der Waals surface area (Å²) in [6.07, 6.45) is 1.46. The first-order chi connectivity index (χ1) is 12.0. The van der Waals surface area contributed by atoms with E-state index in [0.29, 0.717) is 5.69 Å². The zero-order chi connectivity index (χ0) is 18.2. The van der Waals surface area contributed by atoms with Gasteiger partial charge in [0.1, 0.15) is 5.69 Å². The van der Waals surface area contributed by atoms with Crippen molar-refractivity contribution >= 4 is 33.8 Å². The molecule has 3 N–H and O–H groups in total. The Bertz CT molecular complexity index is 786. The standard InChI is InChI=1S/C16H15BrN4O4/c1-2-7-18-16(24)19-14(22)9-25-15(23)13-8-12(20-21-13)10-3-5-11(17)6-4-10/h2-6,8H,1,7,9H2,(H,20,21)(H2,18,19,22,24). The van der Waals surface area contributed by atoms with E-state index >= 15 is 0 Å². The molecule has 1 heterocycles. The summed E-state index contributed by atoms with van der Waals surface area (Å²) in [5, 5.41) is 11.0. The number of carbonyl (C=O) groups excluding carboxylic acids is 3. The first-order valence-electron chi connectivity index (χ1n) is 7.16. The number of ether oxygens (including phenoxy) is 1. The van der Waals surface area contributed by atoms with Crippen LogP contribution < -0.4 is 10.6 Å². The maximum absolute atomic E-state index is 11.9. The Labute approximate surface area is 151 Å². The Morgan fingerprint density at radius 1 is 1.28 bits per heavy atom. The molecule has 130 valence electrons. The number of nitrogens with one attached hydrogen (secondary N) is 3. The largest absolute Gasteiger partial charge is 0.451 e. The topological polar surface area (TPSA) is 113 Å². The van der Waals surface area contributed by atoms with E-state index in [2.05, 4.69) is 38.0 Å². The SMILES string of the molecule is C=CCNC(=O)NC(=O)COC(=O)c1cc(-c2ccc(Br)cc2)n[nH]1. The van der Waals surface area contributed by atoms with E-state index < -0.39 is 24.5 Å². The van der Waals surface area contributed by atoms with Gasteiger partial charge < -0.3 is 10.1 Å². The summed E-state index contributed by atoms with van der Waals surface area (Å²) in [4.78, 5) is 34.7. The molecule has 1 aromatic carbocycles. The number of esters is 1. The van der Waals surface area contributed by atoms with Crippen molar-refractivity contribution in [3.63, 3.8) is 0 Å². The molecule has 9 heteroatoms. The number of urea groups is 1. The number of carbonyl (C=O) groups is 3. The Morgan fingerprint density at radius 2 is 2.00 bits per heavy atom. The fourth-order valence-corrected chi connectivity index (χ4v) is 2.04. The normalized spacial score (nSPS) is 9.96. The minimum Gasteiger partial charge on any atom is -0.451 e. The van der Waals surface area contributed by atoms with E-state index in [-0.39, 0.29) is 12.2 Å². The first-order valence-corrected chi connectivity index (χ1v) is 7.96. The lowest BCUT2D eigenvalue weighted by Crippen LogP contribution is -2.41. The summed E-state index contributed by atoms with van der Waals surface area (Å²) in [6.45, 7) is 3.05. The van der Waals surface area contributed by atoms with Gasteiger partial charge in [-0.15, -0.1) is 6.58 Å². The quantitative estimate of drug-likeness (QED) is 0.501. The molecule has 8 nitrogen and oxygen atoms in total. The molecule has 2 aromatic rings. The summed E-state index contributed by atoms with van der Waals surface area (Å²) < 4.78 is 5.76. The number of benzene rings is 1. The molecule has 0 aliphatic carbocycles. The molecule has 0 saturated carbocycles. The van der Waals surface area contributed by atoms with Crippen molar-refractivity contribution in [2.45, 2.75) is 0 Å². The van der Waals surface area contributed by atoms with E-state index in [4.69, 9.17) is 4.74 Å². The molecule has 0 atom stereocenters. The summed E-state index contributed by atoms with van der Waals surface area (Å²) in [7, 11) is 0. The van der Waals surface area contributed by atoms with Gasteiger partial charge in [-0.1, -0.05) is 34.1 Å². The fraction of sp³-hybridized carbons (Fsp3) is 0.125. The van der Waals surface area contributed by atoms with Crippen LogP contribution in [0.2, 0.25) is 0 Å². The van der Waals surface area contributed by atoms with Gasteiger partial charge in [0.2, 0.25) is 0 Å². The molecule has 0 aliphatic heterocycles. The molecule has 0 bridgehead atoms. The molecule has 0 unspecified atom stereocenters. The zero-order valence-electron chi connectivity index (χ0n) is 13.0. The van der Waals surface area contributed by atoms with Crippen LogP contribution in [0.5, 0.6) is 0 Å². The molecule has 0 saturated heterocycles. The van der Waals surface area contributed by atoms with Gasteiger partial charge in [0.05, 0.1) is 5.69 Å². The lowest BCUT2D eigenvalue weighted by Gasteiger charge is -2.05. The molecule has 1 aromatic heterocycles. The Balaban J connectivity index is 1.87. The highest BCUT2D eigenvalue weighted by molar-refractivity contribution is 9.10. The van der Waals surface area contributed by atoms with Crippen LogP contribution in [0.25, 0.3) is 11.3 Å². The molecule has 3 amide bonds. The van der Waals surface area contributed by atoms with Crippen LogP contribution in [0.3, 0.4) is 0 Å². The second-order valence-corrected chi connectivity index (χ2v) is 5.71. The maximum atomic E-state index is 11.9. The molecule has 0 spiro atoms. The van der Waals surface area contributed by atoms with Crippen molar-refractivity contribution in [1.29, 1.82) is 0 Å². The van der Waals surface area contributed by atoms with Gasteiger partial charge in [0, 0.05) is 16.6 Å². The monoisotopic (exact) mass is 406 g/mol. The highest BCUT2D eigenvalue weighted by Gasteiger charge is 2.15. The number of nitrogens with zero attached hydrogens (tertiary/aromatic N) is 1. The van der Waals surface area contributed by atoms with E-state index in [0.717, 1.165) is 10.0 Å². The van der Waals surface area contributed by atoms with Crippen molar-refractivity contribution in [2.75, 3.05) is 13.2 Å². The van der Waals surface area contributed by atoms with Crippen molar-refractivity contribution < 1.29 is 19.1 Å². The smallest absolute Gasteiger partial charge is 0.356 e. The minimum atomic E-state index is -0.752. The van der Waals surface area contributed by atoms with E-state index in [1.165, 1.54) is 12.1 Å². The maximum Gasteiger partial charge on any atom is 0.356 e. The average molecular weight is 407 g/mol. The van der Waals surface area contributed by atoms with Gasteiger partial charge in [0.25, 0.3) is 5.91 Å². The Morgan fingerprint density at radius 3 is 2.68 bits per heavy atom. The molecule has 0 radical (unpaired) electrons. The molecule has 0 aliphatic rings. The number of aromatic amines is 1. The van der Waals surface area contributed by atoms with Crippen molar-refractivity contribution in [2.24, 2.45) is 0 Å². The van der Waals surface area contributed by atoms with Gasteiger partial charge in [-0.25, -0.2) is 9.59 Å². The summed E-state index contributed by atoms with van der Waals surface area (Å²) in [5.74, 6) is -1.50. The van der Waals surface area contributed by atoms with Crippen molar-refractivity contribution in [1.82, 2.24) is 20.8 Å². The number of imide groups is 1. The van der Waals surface area contributed by atoms with Crippen LogP contribution in [0.15, 0.2) is 47.5 Å². The lowest BCUT2D eigenvalue weighted by atomic mass is 10.1. The van der Waals surface area contributed by atoms with Crippen LogP contribution in [-0.2, 0) is 9.53 Å². The molecule has 0 fully saturated rings. The Kier molecular flexibility index (Phi) is 6.47. The third kappa shape index (κ3) is 5.57. The van der Waals surface area contributed by atoms with Crippen LogP contribution in [-0.4, -0.2) is 41.3 Å². The van der Waals surface area contributed by atoms with Gasteiger partial charge in [-0.3, -0.25) is 15.2 Å². The van der Waals surface area contributed by atoms with Crippen LogP contribution >= 0.6 is 15.9 Å². The predicted molar refractivity (Wildman–Crippen MR) is 93.7 cm³/mol. The van der Waals surface area contributed by atoms with Gasteiger partial charge >= 0.3 is 12.0 Å². The minimum absolute atomic E-state index is 0.0989. The number of aromatic nitrogens is 2.